The van der Waals surface area contributed by atoms with E-state index in [9.17, 15) is 24.7 Å². The third-order valence-corrected chi connectivity index (χ3v) is 11.3. The number of carbonyl (C=O) groups is 4. The summed E-state index contributed by atoms with van der Waals surface area (Å²) in [6.07, 6.45) is 1.06. The summed E-state index contributed by atoms with van der Waals surface area (Å²) in [5, 5.41) is 24.1. The molecule has 10 atom stereocenters. The Morgan fingerprint density at radius 2 is 1.72 bits per heavy atom. The van der Waals surface area contributed by atoms with Crippen molar-refractivity contribution in [2.24, 2.45) is 22.9 Å². The third-order valence-electron chi connectivity index (χ3n) is 11.3. The van der Waals surface area contributed by atoms with Gasteiger partial charge in [-0.05, 0) is 49.9 Å². The Hall–Kier alpha value is -4.64. The fourth-order valence-corrected chi connectivity index (χ4v) is 8.11. The van der Waals surface area contributed by atoms with Crippen LogP contribution in [0.5, 0.6) is 0 Å². The monoisotopic (exact) mass is 797 g/mol. The molecule has 316 valence electrons. The lowest BCUT2D eigenvalue weighted by Gasteiger charge is -2.41. The van der Waals surface area contributed by atoms with E-state index in [-0.39, 0.29) is 36.0 Å². The van der Waals surface area contributed by atoms with Crippen molar-refractivity contribution in [3.63, 3.8) is 0 Å². The molecule has 18 heteroatoms. The minimum absolute atomic E-state index is 0.0490. The van der Waals surface area contributed by atoms with E-state index in [1.54, 1.807) is 51.9 Å². The van der Waals surface area contributed by atoms with Crippen molar-refractivity contribution in [2.45, 2.75) is 122 Å². The van der Waals surface area contributed by atoms with Crippen LogP contribution >= 0.6 is 0 Å². The molecule has 1 unspecified atom stereocenters. The van der Waals surface area contributed by atoms with Crippen molar-refractivity contribution in [1.29, 1.82) is 0 Å². The van der Waals surface area contributed by atoms with Crippen LogP contribution in [0.2, 0.25) is 0 Å². The number of aromatic amines is 1. The Kier molecular flexibility index (Phi) is 18.3. The Balaban J connectivity index is 1.83. The van der Waals surface area contributed by atoms with Crippen molar-refractivity contribution in [1.82, 2.24) is 46.0 Å². The van der Waals surface area contributed by atoms with Crippen LogP contribution in [0.15, 0.2) is 35.4 Å². The molecule has 18 nitrogen and oxygen atoms in total. The lowest BCUT2D eigenvalue weighted by atomic mass is 9.89. The molecule has 2 aromatic rings. The number of aromatic nitrogens is 4. The SMILES string of the molecule is CC[C@H](C)[C@@H]([C@@H](CC(=O)N1CCC[C@H]1[C@H](OC)[C@@H](C)C(=O)N[C@@H](Cc1ccccc1)c1nn[nH]n1)OC)N(C)C(=O)[C@@H](NC(=O)[C@H](C(C)C)N(C)C)C(C)N=[N+]=[N-]. The molecule has 3 N–H and O–H groups in total. The quantitative estimate of drug-likeness (QED) is 0.0896. The van der Waals surface area contributed by atoms with E-state index in [1.807, 2.05) is 58.0 Å². The number of H-pyrrole nitrogens is 1. The number of hydrogen-bond acceptors (Lipinski definition) is 11. The number of methoxy groups -OCH3 is 2. The highest BCUT2D eigenvalue weighted by Crippen LogP contribution is 2.30. The van der Waals surface area contributed by atoms with E-state index in [2.05, 4.69) is 41.3 Å². The van der Waals surface area contributed by atoms with Gasteiger partial charge in [0.05, 0.1) is 54.8 Å². The predicted molar refractivity (Wildman–Crippen MR) is 214 cm³/mol. The number of nitrogens with one attached hydrogen (secondary N) is 3. The van der Waals surface area contributed by atoms with Crippen molar-refractivity contribution in [3.05, 3.63) is 52.2 Å². The number of benzene rings is 1. The minimum atomic E-state index is -1.16. The number of carbonyl (C=O) groups excluding carboxylic acids is 4. The summed E-state index contributed by atoms with van der Waals surface area (Å²) in [5.74, 6) is -1.78. The zero-order valence-electron chi connectivity index (χ0n) is 35.5. The molecule has 0 aliphatic carbocycles. The molecule has 1 saturated heterocycles. The average molecular weight is 797 g/mol. The number of nitrogens with zero attached hydrogens (tertiary/aromatic N) is 9. The molecule has 1 fully saturated rings. The summed E-state index contributed by atoms with van der Waals surface area (Å²) < 4.78 is 12.0. The summed E-state index contributed by atoms with van der Waals surface area (Å²) in [6.45, 7) is 11.6. The van der Waals surface area contributed by atoms with Crippen molar-refractivity contribution < 1.29 is 28.7 Å². The van der Waals surface area contributed by atoms with Crippen LogP contribution in [-0.4, -0.2) is 143 Å². The topological polar surface area (TPSA) is 224 Å². The number of tetrazole rings is 1. The highest BCUT2D eigenvalue weighted by atomic mass is 16.5. The molecule has 1 aliphatic rings. The van der Waals surface area contributed by atoms with Crippen LogP contribution < -0.4 is 10.6 Å². The van der Waals surface area contributed by atoms with E-state index < -0.39 is 60.3 Å². The molecule has 1 aromatic carbocycles. The van der Waals surface area contributed by atoms with E-state index in [0.717, 1.165) is 12.0 Å². The van der Waals surface area contributed by atoms with Crippen LogP contribution in [0.4, 0.5) is 0 Å². The lowest BCUT2D eigenvalue weighted by molar-refractivity contribution is -0.147. The number of hydrogen-bond donors (Lipinski definition) is 3. The molecule has 0 saturated carbocycles. The van der Waals surface area contributed by atoms with E-state index in [4.69, 9.17) is 9.47 Å². The number of amides is 4. The maximum atomic E-state index is 14.4. The second-order valence-corrected chi connectivity index (χ2v) is 15.7. The summed E-state index contributed by atoms with van der Waals surface area (Å²) in [7, 11) is 8.27. The van der Waals surface area contributed by atoms with E-state index >= 15 is 0 Å². The van der Waals surface area contributed by atoms with Crippen molar-refractivity contribution >= 4 is 23.6 Å². The third kappa shape index (κ3) is 12.2. The zero-order chi connectivity index (χ0) is 42.4. The van der Waals surface area contributed by atoms with Crippen LogP contribution in [0, 0.1) is 17.8 Å². The highest BCUT2D eigenvalue weighted by molar-refractivity contribution is 5.90. The molecule has 0 radical (unpaired) electrons. The van der Waals surface area contributed by atoms with Gasteiger partial charge < -0.3 is 29.9 Å². The molecule has 0 bridgehead atoms. The molecular formula is C39H64N12O6. The molecule has 0 spiro atoms. The summed E-state index contributed by atoms with van der Waals surface area (Å²) in [4.78, 5) is 64.0. The first-order valence-electron chi connectivity index (χ1n) is 19.8. The number of likely N-dealkylation sites (tertiary alicyclic amines) is 1. The highest BCUT2D eigenvalue weighted by Gasteiger charge is 2.43. The van der Waals surface area contributed by atoms with Gasteiger partial charge in [0.2, 0.25) is 23.6 Å². The fourth-order valence-electron chi connectivity index (χ4n) is 8.11. The van der Waals surface area contributed by atoms with Crippen molar-refractivity contribution in [2.75, 3.05) is 41.9 Å². The zero-order valence-corrected chi connectivity index (χ0v) is 35.5. The van der Waals surface area contributed by atoms with Crippen LogP contribution in [0.25, 0.3) is 10.4 Å². The normalized spacial score (nSPS) is 19.0. The average Bonchev–Trinajstić information content (AvgIpc) is 3.90. The largest absolute Gasteiger partial charge is 0.379 e. The van der Waals surface area contributed by atoms with Gasteiger partial charge in [-0.15, -0.1) is 10.2 Å². The lowest BCUT2D eigenvalue weighted by Crippen LogP contribution is -2.60. The molecule has 2 heterocycles. The number of rotatable bonds is 22. The first kappa shape index (κ1) is 46.7. The summed E-state index contributed by atoms with van der Waals surface area (Å²) >= 11 is 0. The Bertz CT molecular complexity index is 1610. The molecule has 3 rings (SSSR count). The van der Waals surface area contributed by atoms with Gasteiger partial charge in [-0.25, -0.2) is 0 Å². The molecule has 1 aliphatic heterocycles. The van der Waals surface area contributed by atoms with Gasteiger partial charge in [0, 0.05) is 39.1 Å². The van der Waals surface area contributed by atoms with Gasteiger partial charge in [0.25, 0.3) is 0 Å². The van der Waals surface area contributed by atoms with Gasteiger partial charge >= 0.3 is 0 Å². The molecule has 1 aromatic heterocycles. The second-order valence-electron chi connectivity index (χ2n) is 15.7. The summed E-state index contributed by atoms with van der Waals surface area (Å²) in [6, 6.07) is 5.57. The van der Waals surface area contributed by atoms with E-state index in [1.165, 1.54) is 12.0 Å². The minimum Gasteiger partial charge on any atom is -0.379 e. The Morgan fingerprint density at radius 3 is 2.26 bits per heavy atom. The Labute approximate surface area is 336 Å². The number of ether oxygens (including phenoxy) is 2. The molecule has 57 heavy (non-hydrogen) atoms. The van der Waals surface area contributed by atoms with Crippen LogP contribution in [0.1, 0.15) is 84.7 Å². The maximum Gasteiger partial charge on any atom is 0.245 e. The predicted octanol–water partition coefficient (Wildman–Crippen LogP) is 3.29. The summed E-state index contributed by atoms with van der Waals surface area (Å²) in [5.41, 5.74) is 10.3. The first-order chi connectivity index (χ1) is 27.1. The Morgan fingerprint density at radius 1 is 1.04 bits per heavy atom. The number of azide groups is 1. The van der Waals surface area contributed by atoms with Crippen LogP contribution in [0.3, 0.4) is 0 Å². The smallest absolute Gasteiger partial charge is 0.245 e. The van der Waals surface area contributed by atoms with Crippen molar-refractivity contribution in [3.8, 4) is 0 Å². The van der Waals surface area contributed by atoms with Crippen LogP contribution in [-0.2, 0) is 35.1 Å². The van der Waals surface area contributed by atoms with Gasteiger partial charge in [0.1, 0.15) is 6.04 Å². The van der Waals surface area contributed by atoms with E-state index in [0.29, 0.717) is 31.6 Å². The fraction of sp³-hybridized carbons (Fsp3) is 0.718. The maximum absolute atomic E-state index is 14.4. The standard InChI is InChI=1S/C39H64N12O6/c1-12-24(4)34(50(9)39(55)32(26(6)43-46-40)42-38(54)33(23(2)3)49(7)8)30(56-10)22-31(52)51-20-16-19-29(51)35(57-11)25(5)37(53)41-28(36-44-47-48-45-36)21-27-17-14-13-15-18-27/h13-15,17-18,23-26,28-30,32-35H,12,16,19-22H2,1-11H3,(H,41,53)(H,42,54)(H,44,45,47,48)/t24-,25+,26?,28-,29-,30+,32-,33-,34-,35+/m0/s1. The van der Waals surface area contributed by atoms with Gasteiger partial charge in [-0.2, -0.15) is 5.21 Å². The van der Waals surface area contributed by atoms with Gasteiger partial charge in [-0.1, -0.05) is 88.6 Å². The molecule has 4 amide bonds. The molecular weight excluding hydrogens is 733 g/mol. The number of likely N-dealkylation sites (N-methyl/N-ethyl adjacent to an activating group) is 2. The second kappa shape index (κ2) is 22.3. The van der Waals surface area contributed by atoms with Gasteiger partial charge in [0.15, 0.2) is 5.82 Å². The van der Waals surface area contributed by atoms with Gasteiger partial charge in [-0.3, -0.25) is 24.1 Å². The first-order valence-corrected chi connectivity index (χ1v) is 19.8.